The lowest BCUT2D eigenvalue weighted by Crippen LogP contribution is -2.38. The van der Waals surface area contributed by atoms with Gasteiger partial charge in [0, 0.05) is 6.42 Å². The van der Waals surface area contributed by atoms with Gasteiger partial charge in [-0.1, -0.05) is 0 Å². The van der Waals surface area contributed by atoms with Crippen LogP contribution in [0.2, 0.25) is 0 Å². The number of halogens is 1. The number of carbonyl (C=O) groups is 2. The Hall–Kier alpha value is -0.410. The van der Waals surface area contributed by atoms with Crippen LogP contribution in [0.5, 0.6) is 0 Å². The van der Waals surface area contributed by atoms with E-state index in [1.807, 2.05) is 0 Å². The number of hydrogen-bond donors (Lipinski definition) is 0. The second-order valence-corrected chi connectivity index (χ2v) is 3.01. The molecule has 0 heterocycles. The van der Waals surface area contributed by atoms with Crippen LogP contribution in [-0.4, -0.2) is 23.0 Å². The molecule has 0 aromatic carbocycles. The van der Waals surface area contributed by atoms with Gasteiger partial charge in [0.2, 0.25) is 0 Å². The molecule has 0 aromatic rings. The lowest BCUT2D eigenvalue weighted by molar-refractivity contribution is -0.129. The van der Waals surface area contributed by atoms with Crippen molar-refractivity contribution in [3.8, 4) is 0 Å². The summed E-state index contributed by atoms with van der Waals surface area (Å²) in [6.07, 6.45) is -0.126. The monoisotopic (exact) mass is 177 g/mol. The molecule has 11 heavy (non-hydrogen) atoms. The van der Waals surface area contributed by atoms with E-state index in [1.54, 1.807) is 0 Å². The van der Waals surface area contributed by atoms with Gasteiger partial charge in [0.05, 0.1) is 6.61 Å². The van der Waals surface area contributed by atoms with Gasteiger partial charge in [-0.2, -0.15) is 0 Å². The molecular formula is C7H10ClO3. The number of rotatable bonds is 4. The van der Waals surface area contributed by atoms with E-state index in [0.29, 0.717) is 0 Å². The molecule has 4 heteroatoms. The summed E-state index contributed by atoms with van der Waals surface area (Å²) in [5.41, 5.74) is 0. The van der Waals surface area contributed by atoms with Crippen LogP contribution < -0.4 is 0 Å². The predicted molar refractivity (Wildman–Crippen MR) is 40.1 cm³/mol. The molecule has 0 saturated carbocycles. The third kappa shape index (κ3) is 2.27. The molecule has 0 atom stereocenters. The second-order valence-electron chi connectivity index (χ2n) is 2.37. The summed E-state index contributed by atoms with van der Waals surface area (Å²) >= 11 is 5.61. The fraction of sp³-hybridized carbons (Fsp3) is 0.714. The number of carbonyl (C=O) groups excluding carboxylic acids is 2. The number of hydrogen-bond acceptors (Lipinski definition) is 2. The average molecular weight is 178 g/mol. The van der Waals surface area contributed by atoms with E-state index in [2.05, 4.69) is 0 Å². The van der Waals surface area contributed by atoms with Gasteiger partial charge in [0.1, 0.15) is 0 Å². The summed E-state index contributed by atoms with van der Waals surface area (Å²) in [5, 5.41) is 10.2. The van der Waals surface area contributed by atoms with Crippen molar-refractivity contribution in [3.05, 3.63) is 0 Å². The number of ketones is 2. The lowest BCUT2D eigenvalue weighted by atomic mass is 9.96. The van der Waals surface area contributed by atoms with Crippen molar-refractivity contribution in [2.75, 3.05) is 6.61 Å². The Labute approximate surface area is 70.3 Å². The number of alkyl halides is 1. The summed E-state index contributed by atoms with van der Waals surface area (Å²) in [5.74, 6) is -0.912. The first-order valence-electron chi connectivity index (χ1n) is 3.24. The maximum atomic E-state index is 10.8. The second kappa shape index (κ2) is 3.83. The molecular weight excluding hydrogens is 168 g/mol. The zero-order valence-corrected chi connectivity index (χ0v) is 7.27. The highest BCUT2D eigenvalue weighted by molar-refractivity contribution is 6.46. The van der Waals surface area contributed by atoms with Crippen LogP contribution in [0.4, 0.5) is 0 Å². The van der Waals surface area contributed by atoms with Gasteiger partial charge >= 0.3 is 0 Å². The molecule has 3 nitrogen and oxygen atoms in total. The largest absolute Gasteiger partial charge is 0.298 e. The quantitative estimate of drug-likeness (QED) is 0.475. The van der Waals surface area contributed by atoms with Crippen molar-refractivity contribution in [2.24, 2.45) is 0 Å². The van der Waals surface area contributed by atoms with Crippen LogP contribution in [0.25, 0.3) is 0 Å². The summed E-state index contributed by atoms with van der Waals surface area (Å²) in [6.45, 7) is 1.91. The van der Waals surface area contributed by atoms with Crippen molar-refractivity contribution in [3.63, 3.8) is 0 Å². The lowest BCUT2D eigenvalue weighted by Gasteiger charge is -2.18. The SMILES string of the molecule is CC(=O)C(Cl)(CC[O])C(C)=O. The average Bonchev–Trinajstić information content (AvgIpc) is 1.87. The van der Waals surface area contributed by atoms with Gasteiger partial charge in [-0.3, -0.25) is 9.59 Å². The predicted octanol–water partition coefficient (Wildman–Crippen LogP) is 0.963. The molecule has 0 aliphatic carbocycles. The summed E-state index contributed by atoms with van der Waals surface area (Å²) in [6, 6.07) is 0. The molecule has 0 fully saturated rings. The zero-order valence-electron chi connectivity index (χ0n) is 6.52. The fourth-order valence-electron chi connectivity index (χ4n) is 0.741. The molecule has 0 unspecified atom stereocenters. The van der Waals surface area contributed by atoms with Crippen molar-refractivity contribution in [1.82, 2.24) is 0 Å². The topological polar surface area (TPSA) is 54.0 Å². The highest BCUT2D eigenvalue weighted by atomic mass is 35.5. The van der Waals surface area contributed by atoms with Crippen molar-refractivity contribution in [2.45, 2.75) is 25.1 Å². The minimum atomic E-state index is -1.57. The van der Waals surface area contributed by atoms with E-state index in [1.165, 1.54) is 13.8 Å². The highest BCUT2D eigenvalue weighted by Crippen LogP contribution is 2.21. The molecule has 0 amide bonds. The third-order valence-electron chi connectivity index (χ3n) is 1.56. The highest BCUT2D eigenvalue weighted by Gasteiger charge is 2.37. The Morgan fingerprint density at radius 3 is 1.73 bits per heavy atom. The van der Waals surface area contributed by atoms with E-state index < -0.39 is 23.0 Å². The summed E-state index contributed by atoms with van der Waals surface area (Å²) in [4.78, 5) is 20.0. The van der Waals surface area contributed by atoms with Crippen LogP contribution in [0.1, 0.15) is 20.3 Å². The summed E-state index contributed by atoms with van der Waals surface area (Å²) < 4.78 is 0. The maximum Gasteiger partial charge on any atom is 0.162 e. The van der Waals surface area contributed by atoms with Gasteiger partial charge in [-0.25, -0.2) is 5.11 Å². The van der Waals surface area contributed by atoms with Crippen LogP contribution in [0.3, 0.4) is 0 Å². The number of Topliss-reactive ketones (excluding diaryl/α,β-unsaturated/α-hetero) is 2. The maximum absolute atomic E-state index is 10.8. The molecule has 0 rings (SSSR count). The van der Waals surface area contributed by atoms with Gasteiger partial charge < -0.3 is 0 Å². The minimum absolute atomic E-state index is 0.126. The fourth-order valence-corrected chi connectivity index (χ4v) is 0.818. The molecule has 0 bridgehead atoms. The van der Waals surface area contributed by atoms with Crippen LogP contribution >= 0.6 is 11.6 Å². The molecule has 0 aliphatic heterocycles. The van der Waals surface area contributed by atoms with E-state index in [-0.39, 0.29) is 6.42 Å². The van der Waals surface area contributed by atoms with Crippen molar-refractivity contribution < 1.29 is 14.7 Å². The summed E-state index contributed by atoms with van der Waals surface area (Å²) in [7, 11) is 0. The van der Waals surface area contributed by atoms with E-state index in [9.17, 15) is 14.7 Å². The van der Waals surface area contributed by atoms with Crippen molar-refractivity contribution in [1.29, 1.82) is 0 Å². The molecule has 0 aliphatic rings. The molecule has 0 spiro atoms. The normalized spacial score (nSPS) is 11.3. The molecule has 0 aromatic heterocycles. The Morgan fingerprint density at radius 1 is 1.27 bits per heavy atom. The third-order valence-corrected chi connectivity index (χ3v) is 2.28. The van der Waals surface area contributed by atoms with Crippen LogP contribution in [0.15, 0.2) is 0 Å². The van der Waals surface area contributed by atoms with Gasteiger partial charge in [0.15, 0.2) is 16.4 Å². The van der Waals surface area contributed by atoms with E-state index in [4.69, 9.17) is 11.6 Å². The first-order chi connectivity index (χ1) is 4.95. The molecule has 0 N–H and O–H groups in total. The van der Waals surface area contributed by atoms with Gasteiger partial charge in [-0.15, -0.1) is 11.6 Å². The van der Waals surface area contributed by atoms with Gasteiger partial charge in [-0.05, 0) is 13.8 Å². The first-order valence-corrected chi connectivity index (χ1v) is 3.62. The van der Waals surface area contributed by atoms with Crippen LogP contribution in [0, 0.1) is 0 Å². The standard InChI is InChI=1S/C7H10ClO3/c1-5(10)7(8,3-4-9)6(2)11/h3-4H2,1-2H3. The smallest absolute Gasteiger partial charge is 0.162 e. The van der Waals surface area contributed by atoms with Crippen LogP contribution in [-0.2, 0) is 14.7 Å². The van der Waals surface area contributed by atoms with E-state index in [0.717, 1.165) is 0 Å². The first kappa shape index (κ1) is 10.6. The Balaban J connectivity index is 4.52. The molecule has 63 valence electrons. The van der Waals surface area contributed by atoms with Gasteiger partial charge in [0.25, 0.3) is 0 Å². The molecule has 0 saturated heterocycles. The van der Waals surface area contributed by atoms with E-state index >= 15 is 0 Å². The minimum Gasteiger partial charge on any atom is -0.298 e. The molecule has 1 radical (unpaired) electrons. The Morgan fingerprint density at radius 2 is 1.64 bits per heavy atom. The Kier molecular flexibility index (Phi) is 3.69. The zero-order chi connectivity index (χ0) is 9.07. The van der Waals surface area contributed by atoms with Crippen molar-refractivity contribution >= 4 is 23.2 Å². The Bertz CT molecular complexity index is 163.